The van der Waals surface area contributed by atoms with Crippen LogP contribution in [0.5, 0.6) is 0 Å². The summed E-state index contributed by atoms with van der Waals surface area (Å²) < 4.78 is 0. The van der Waals surface area contributed by atoms with Crippen molar-refractivity contribution in [1.29, 1.82) is 0 Å². The van der Waals surface area contributed by atoms with Gasteiger partial charge < -0.3 is 11.1 Å². The largest absolute Gasteiger partial charge is 0.325 e. The van der Waals surface area contributed by atoms with Crippen molar-refractivity contribution >= 4 is 21.6 Å². The SMILES string of the molecule is NCc1ccc2c3c(sc2n1)CNCC3. The van der Waals surface area contributed by atoms with E-state index in [1.54, 1.807) is 11.3 Å². The zero-order valence-electron chi connectivity index (χ0n) is 8.42. The van der Waals surface area contributed by atoms with Gasteiger partial charge in [0.05, 0.1) is 5.69 Å². The van der Waals surface area contributed by atoms with Gasteiger partial charge in [-0.1, -0.05) is 0 Å². The Morgan fingerprint density at radius 1 is 1.47 bits per heavy atom. The summed E-state index contributed by atoms with van der Waals surface area (Å²) in [5, 5.41) is 4.72. The highest BCUT2D eigenvalue weighted by molar-refractivity contribution is 7.18. The van der Waals surface area contributed by atoms with Crippen LogP contribution in [0.4, 0.5) is 0 Å². The van der Waals surface area contributed by atoms with E-state index in [-0.39, 0.29) is 0 Å². The molecule has 1 aliphatic heterocycles. The third-order valence-electron chi connectivity index (χ3n) is 2.85. The van der Waals surface area contributed by atoms with E-state index in [0.717, 1.165) is 30.0 Å². The van der Waals surface area contributed by atoms with E-state index < -0.39 is 0 Å². The highest BCUT2D eigenvalue weighted by Gasteiger charge is 2.15. The number of hydrogen-bond acceptors (Lipinski definition) is 4. The Morgan fingerprint density at radius 3 is 3.27 bits per heavy atom. The van der Waals surface area contributed by atoms with Gasteiger partial charge >= 0.3 is 0 Å². The van der Waals surface area contributed by atoms with Crippen LogP contribution in [0, 0.1) is 0 Å². The van der Waals surface area contributed by atoms with E-state index in [1.165, 1.54) is 15.8 Å². The summed E-state index contributed by atoms with van der Waals surface area (Å²) in [6.07, 6.45) is 1.12. The molecule has 0 radical (unpaired) electrons. The standard InChI is InChI=1S/C11H13N3S/c12-5-7-1-2-9-8-3-4-13-6-10(8)15-11(9)14-7/h1-2,13H,3-6,12H2. The molecule has 0 aromatic carbocycles. The molecule has 2 aromatic heterocycles. The second-order valence-electron chi connectivity index (χ2n) is 3.79. The van der Waals surface area contributed by atoms with Crippen LogP contribution < -0.4 is 11.1 Å². The third-order valence-corrected chi connectivity index (χ3v) is 3.99. The first kappa shape index (κ1) is 9.27. The topological polar surface area (TPSA) is 50.9 Å². The molecule has 3 N–H and O–H groups in total. The number of thiophene rings is 1. The third kappa shape index (κ3) is 1.45. The van der Waals surface area contributed by atoms with Crippen molar-refractivity contribution < 1.29 is 0 Å². The van der Waals surface area contributed by atoms with Crippen molar-refractivity contribution in [3.05, 3.63) is 28.3 Å². The van der Waals surface area contributed by atoms with Crippen molar-refractivity contribution in [2.24, 2.45) is 5.73 Å². The second-order valence-corrected chi connectivity index (χ2v) is 4.87. The number of pyridine rings is 1. The summed E-state index contributed by atoms with van der Waals surface area (Å²) >= 11 is 1.80. The van der Waals surface area contributed by atoms with Gasteiger partial charge in [0.2, 0.25) is 0 Å². The molecule has 0 atom stereocenters. The van der Waals surface area contributed by atoms with Crippen LogP contribution in [-0.2, 0) is 19.5 Å². The fraction of sp³-hybridized carbons (Fsp3) is 0.364. The predicted molar refractivity (Wildman–Crippen MR) is 62.9 cm³/mol. The van der Waals surface area contributed by atoms with Crippen molar-refractivity contribution in [2.75, 3.05) is 6.54 Å². The van der Waals surface area contributed by atoms with Crippen molar-refractivity contribution in [3.8, 4) is 0 Å². The lowest BCUT2D eigenvalue weighted by Crippen LogP contribution is -2.21. The van der Waals surface area contributed by atoms with Gasteiger partial charge in [-0.3, -0.25) is 0 Å². The Kier molecular flexibility index (Phi) is 2.20. The molecule has 0 amide bonds. The van der Waals surface area contributed by atoms with Gasteiger partial charge in [-0.25, -0.2) is 4.98 Å². The van der Waals surface area contributed by atoms with E-state index in [1.807, 2.05) is 6.07 Å². The zero-order valence-corrected chi connectivity index (χ0v) is 9.23. The molecule has 0 unspecified atom stereocenters. The van der Waals surface area contributed by atoms with E-state index in [9.17, 15) is 0 Å². The summed E-state index contributed by atoms with van der Waals surface area (Å²) in [5.74, 6) is 0. The number of nitrogens with two attached hydrogens (primary N) is 1. The van der Waals surface area contributed by atoms with Crippen molar-refractivity contribution in [2.45, 2.75) is 19.5 Å². The molecule has 0 saturated heterocycles. The minimum Gasteiger partial charge on any atom is -0.325 e. The summed E-state index contributed by atoms with van der Waals surface area (Å²) in [6.45, 7) is 2.60. The van der Waals surface area contributed by atoms with Crippen LogP contribution in [-0.4, -0.2) is 11.5 Å². The monoisotopic (exact) mass is 219 g/mol. The molecule has 3 rings (SSSR count). The van der Waals surface area contributed by atoms with E-state index in [2.05, 4.69) is 16.4 Å². The summed E-state index contributed by atoms with van der Waals surface area (Å²) in [6, 6.07) is 4.21. The number of rotatable bonds is 1. The lowest BCUT2D eigenvalue weighted by Gasteiger charge is -2.11. The molecule has 0 spiro atoms. The first-order valence-corrected chi connectivity index (χ1v) is 6.01. The zero-order chi connectivity index (χ0) is 10.3. The van der Waals surface area contributed by atoms with Crippen molar-refractivity contribution in [3.63, 3.8) is 0 Å². The molecule has 2 aromatic rings. The molecule has 0 saturated carbocycles. The van der Waals surface area contributed by atoms with Crippen LogP contribution in [0.3, 0.4) is 0 Å². The first-order valence-electron chi connectivity index (χ1n) is 5.19. The van der Waals surface area contributed by atoms with Gasteiger partial charge in [-0.2, -0.15) is 0 Å². The molecular weight excluding hydrogens is 206 g/mol. The molecule has 1 aliphatic rings. The maximum atomic E-state index is 5.59. The van der Waals surface area contributed by atoms with Crippen LogP contribution in [0.2, 0.25) is 0 Å². The quantitative estimate of drug-likeness (QED) is 0.762. The number of nitrogens with zero attached hydrogens (tertiary/aromatic N) is 1. The minimum atomic E-state index is 0.525. The van der Waals surface area contributed by atoms with Gasteiger partial charge in [-0.15, -0.1) is 11.3 Å². The van der Waals surface area contributed by atoms with E-state index in [4.69, 9.17) is 5.73 Å². The van der Waals surface area contributed by atoms with Crippen molar-refractivity contribution in [1.82, 2.24) is 10.3 Å². The normalized spacial score (nSPS) is 15.5. The average molecular weight is 219 g/mol. The highest BCUT2D eigenvalue weighted by atomic mass is 32.1. The first-order chi connectivity index (χ1) is 7.38. The Balaban J connectivity index is 2.22. The maximum absolute atomic E-state index is 5.59. The molecular formula is C11H13N3S. The molecule has 0 aliphatic carbocycles. The van der Waals surface area contributed by atoms with E-state index in [0.29, 0.717) is 6.54 Å². The molecule has 3 heterocycles. The Labute approximate surface area is 92.3 Å². The number of aromatic nitrogens is 1. The minimum absolute atomic E-state index is 0.525. The Hall–Kier alpha value is -0.970. The Morgan fingerprint density at radius 2 is 2.40 bits per heavy atom. The second kappa shape index (κ2) is 3.56. The van der Waals surface area contributed by atoms with Gasteiger partial charge in [0, 0.05) is 23.4 Å². The Bertz CT molecular complexity index is 504. The number of fused-ring (bicyclic) bond motifs is 3. The molecule has 78 valence electrons. The maximum Gasteiger partial charge on any atom is 0.124 e. The lowest BCUT2D eigenvalue weighted by atomic mass is 10.1. The fourth-order valence-corrected chi connectivity index (χ4v) is 3.27. The number of hydrogen-bond donors (Lipinski definition) is 2. The van der Waals surface area contributed by atoms with Crippen LogP contribution in [0.1, 0.15) is 16.1 Å². The predicted octanol–water partition coefficient (Wildman–Crippen LogP) is 1.40. The summed E-state index contributed by atoms with van der Waals surface area (Å²) in [5.41, 5.74) is 8.06. The highest BCUT2D eigenvalue weighted by Crippen LogP contribution is 2.32. The molecule has 4 heteroatoms. The fourth-order valence-electron chi connectivity index (χ4n) is 2.06. The summed E-state index contributed by atoms with van der Waals surface area (Å²) in [7, 11) is 0. The molecule has 0 bridgehead atoms. The van der Waals surface area contributed by atoms with Gasteiger partial charge in [0.1, 0.15) is 4.83 Å². The smallest absolute Gasteiger partial charge is 0.124 e. The van der Waals surface area contributed by atoms with Gasteiger partial charge in [0.15, 0.2) is 0 Å². The average Bonchev–Trinajstić information content (AvgIpc) is 2.66. The van der Waals surface area contributed by atoms with Crippen LogP contribution >= 0.6 is 11.3 Å². The molecule has 15 heavy (non-hydrogen) atoms. The molecule has 0 fully saturated rings. The van der Waals surface area contributed by atoms with Crippen LogP contribution in [0.25, 0.3) is 10.2 Å². The lowest BCUT2D eigenvalue weighted by molar-refractivity contribution is 0.657. The molecule has 3 nitrogen and oxygen atoms in total. The van der Waals surface area contributed by atoms with Gasteiger partial charge in [0.25, 0.3) is 0 Å². The van der Waals surface area contributed by atoms with Gasteiger partial charge in [-0.05, 0) is 30.7 Å². The number of nitrogens with one attached hydrogen (secondary N) is 1. The van der Waals surface area contributed by atoms with E-state index >= 15 is 0 Å². The summed E-state index contributed by atoms with van der Waals surface area (Å²) in [4.78, 5) is 7.15. The van der Waals surface area contributed by atoms with Crippen LogP contribution in [0.15, 0.2) is 12.1 Å².